The Morgan fingerprint density at radius 3 is 2.75 bits per heavy atom. The largest absolute Gasteiger partial charge is 0.423 e. The highest BCUT2D eigenvalue weighted by Gasteiger charge is 2.09. The molecule has 5 nitrogen and oxygen atoms in total. The lowest BCUT2D eigenvalue weighted by molar-refractivity contribution is 0.623. The zero-order valence-corrected chi connectivity index (χ0v) is 11.4. The maximum absolute atomic E-state index is 5.73. The number of fused-ring (bicyclic) bond motifs is 1. The van der Waals surface area contributed by atoms with E-state index in [9.17, 15) is 0 Å². The summed E-state index contributed by atoms with van der Waals surface area (Å²) >= 11 is 0. The maximum atomic E-state index is 5.73. The van der Waals surface area contributed by atoms with Gasteiger partial charge in [0.15, 0.2) is 5.58 Å². The summed E-state index contributed by atoms with van der Waals surface area (Å²) in [4.78, 5) is 6.43. The van der Waals surface area contributed by atoms with Crippen LogP contribution < -0.4 is 16.0 Å². The van der Waals surface area contributed by atoms with Crippen molar-refractivity contribution in [1.82, 2.24) is 4.98 Å². The number of rotatable bonds is 3. The van der Waals surface area contributed by atoms with Crippen LogP contribution in [0.2, 0.25) is 0 Å². The third-order valence-corrected chi connectivity index (χ3v) is 3.04. The standard InChI is InChI=1S/C15H16N4O/c1-19(2)13-6-4-3-5-11(13)17-15-18-12-8-7-10(16)9-14(12)20-15/h3-9H,16H2,1-2H3,(H,17,18). The molecule has 0 saturated carbocycles. The van der Waals surface area contributed by atoms with Gasteiger partial charge >= 0.3 is 0 Å². The molecule has 0 amide bonds. The minimum Gasteiger partial charge on any atom is -0.423 e. The predicted octanol–water partition coefficient (Wildman–Crippen LogP) is 3.22. The molecule has 0 saturated heterocycles. The van der Waals surface area contributed by atoms with E-state index in [1.54, 1.807) is 6.07 Å². The zero-order chi connectivity index (χ0) is 14.1. The van der Waals surface area contributed by atoms with Gasteiger partial charge in [-0.2, -0.15) is 4.98 Å². The van der Waals surface area contributed by atoms with Crippen LogP contribution in [0.3, 0.4) is 0 Å². The Balaban J connectivity index is 1.97. The van der Waals surface area contributed by atoms with Crippen molar-refractivity contribution in [2.45, 2.75) is 0 Å². The van der Waals surface area contributed by atoms with E-state index in [0.717, 1.165) is 16.9 Å². The van der Waals surface area contributed by atoms with Crippen LogP contribution in [0.25, 0.3) is 11.1 Å². The number of aromatic nitrogens is 1. The smallest absolute Gasteiger partial charge is 0.300 e. The third kappa shape index (κ3) is 2.25. The van der Waals surface area contributed by atoms with Gasteiger partial charge in [0.2, 0.25) is 0 Å². The molecule has 20 heavy (non-hydrogen) atoms. The van der Waals surface area contributed by atoms with Crippen molar-refractivity contribution >= 4 is 34.2 Å². The number of hydrogen-bond donors (Lipinski definition) is 2. The highest BCUT2D eigenvalue weighted by Crippen LogP contribution is 2.29. The fourth-order valence-corrected chi connectivity index (χ4v) is 2.08. The van der Waals surface area contributed by atoms with Gasteiger partial charge in [0.05, 0.1) is 11.4 Å². The van der Waals surface area contributed by atoms with Gasteiger partial charge in [-0.1, -0.05) is 12.1 Å². The van der Waals surface area contributed by atoms with Gasteiger partial charge in [0, 0.05) is 25.8 Å². The second-order valence-corrected chi connectivity index (χ2v) is 4.78. The molecule has 0 bridgehead atoms. The molecule has 1 aromatic heterocycles. The molecule has 1 heterocycles. The van der Waals surface area contributed by atoms with E-state index in [1.807, 2.05) is 55.4 Å². The molecule has 2 aromatic carbocycles. The summed E-state index contributed by atoms with van der Waals surface area (Å²) in [5.74, 6) is 0. The SMILES string of the molecule is CN(C)c1ccccc1Nc1nc2ccc(N)cc2o1. The van der Waals surface area contributed by atoms with E-state index in [0.29, 0.717) is 17.3 Å². The molecule has 3 rings (SSSR count). The fourth-order valence-electron chi connectivity index (χ4n) is 2.08. The molecule has 0 unspecified atom stereocenters. The number of nitrogens with two attached hydrogens (primary N) is 1. The van der Waals surface area contributed by atoms with Crippen LogP contribution >= 0.6 is 0 Å². The highest BCUT2D eigenvalue weighted by atomic mass is 16.4. The monoisotopic (exact) mass is 268 g/mol. The molecule has 0 aliphatic carbocycles. The van der Waals surface area contributed by atoms with Crippen LogP contribution in [-0.2, 0) is 0 Å². The lowest BCUT2D eigenvalue weighted by atomic mass is 10.2. The summed E-state index contributed by atoms with van der Waals surface area (Å²) in [5, 5.41) is 3.20. The first-order chi connectivity index (χ1) is 9.63. The van der Waals surface area contributed by atoms with E-state index in [-0.39, 0.29) is 0 Å². The van der Waals surface area contributed by atoms with E-state index in [4.69, 9.17) is 10.2 Å². The molecule has 0 aliphatic rings. The fraction of sp³-hybridized carbons (Fsp3) is 0.133. The Kier molecular flexibility index (Phi) is 2.95. The van der Waals surface area contributed by atoms with Crippen LogP contribution in [0.5, 0.6) is 0 Å². The van der Waals surface area contributed by atoms with Crippen molar-refractivity contribution in [3.63, 3.8) is 0 Å². The number of anilines is 4. The molecule has 0 aliphatic heterocycles. The van der Waals surface area contributed by atoms with Crippen molar-refractivity contribution in [3.8, 4) is 0 Å². The average molecular weight is 268 g/mol. The number of hydrogen-bond acceptors (Lipinski definition) is 5. The van der Waals surface area contributed by atoms with Gasteiger partial charge in [-0.3, -0.25) is 0 Å². The normalized spacial score (nSPS) is 10.7. The number of nitrogen functional groups attached to an aromatic ring is 1. The van der Waals surface area contributed by atoms with Crippen molar-refractivity contribution in [1.29, 1.82) is 0 Å². The minimum absolute atomic E-state index is 0.458. The van der Waals surface area contributed by atoms with E-state index >= 15 is 0 Å². The van der Waals surface area contributed by atoms with Crippen molar-refractivity contribution in [2.24, 2.45) is 0 Å². The van der Waals surface area contributed by atoms with Gasteiger partial charge in [0.25, 0.3) is 6.01 Å². The van der Waals surface area contributed by atoms with Crippen LogP contribution in [-0.4, -0.2) is 19.1 Å². The van der Waals surface area contributed by atoms with E-state index in [2.05, 4.69) is 10.3 Å². The highest BCUT2D eigenvalue weighted by molar-refractivity contribution is 5.80. The first-order valence-electron chi connectivity index (χ1n) is 6.33. The maximum Gasteiger partial charge on any atom is 0.300 e. The van der Waals surface area contributed by atoms with Crippen molar-refractivity contribution < 1.29 is 4.42 Å². The quantitative estimate of drug-likeness (QED) is 0.714. The lowest BCUT2D eigenvalue weighted by Crippen LogP contribution is -2.10. The first kappa shape index (κ1) is 12.3. The lowest BCUT2D eigenvalue weighted by Gasteiger charge is -2.16. The van der Waals surface area contributed by atoms with E-state index < -0.39 is 0 Å². The number of para-hydroxylation sites is 2. The molecular formula is C15H16N4O. The Labute approximate surface area is 117 Å². The summed E-state index contributed by atoms with van der Waals surface area (Å²) in [7, 11) is 3.99. The average Bonchev–Trinajstić information content (AvgIpc) is 2.80. The molecule has 3 aromatic rings. The van der Waals surface area contributed by atoms with Crippen LogP contribution in [0.1, 0.15) is 0 Å². The van der Waals surface area contributed by atoms with Gasteiger partial charge in [0.1, 0.15) is 5.52 Å². The number of nitrogens with one attached hydrogen (secondary N) is 1. The third-order valence-electron chi connectivity index (χ3n) is 3.04. The second-order valence-electron chi connectivity index (χ2n) is 4.78. The van der Waals surface area contributed by atoms with E-state index in [1.165, 1.54) is 0 Å². The molecule has 0 spiro atoms. The van der Waals surface area contributed by atoms with Crippen molar-refractivity contribution in [3.05, 3.63) is 42.5 Å². The Morgan fingerprint density at radius 2 is 1.95 bits per heavy atom. The van der Waals surface area contributed by atoms with Gasteiger partial charge in [-0.25, -0.2) is 0 Å². The predicted molar refractivity (Wildman–Crippen MR) is 82.5 cm³/mol. The second kappa shape index (κ2) is 4.77. The number of nitrogens with zero attached hydrogens (tertiary/aromatic N) is 2. The van der Waals surface area contributed by atoms with Crippen LogP contribution in [0.15, 0.2) is 46.9 Å². The molecule has 5 heteroatoms. The van der Waals surface area contributed by atoms with Gasteiger partial charge in [-0.15, -0.1) is 0 Å². The first-order valence-corrected chi connectivity index (χ1v) is 6.33. The van der Waals surface area contributed by atoms with Crippen LogP contribution in [0.4, 0.5) is 23.1 Å². The summed E-state index contributed by atoms with van der Waals surface area (Å²) in [6, 6.07) is 13.9. The molecule has 102 valence electrons. The molecule has 0 atom stereocenters. The summed E-state index contributed by atoms with van der Waals surface area (Å²) in [6.45, 7) is 0. The Morgan fingerprint density at radius 1 is 1.15 bits per heavy atom. The zero-order valence-electron chi connectivity index (χ0n) is 11.4. The van der Waals surface area contributed by atoms with Gasteiger partial charge in [-0.05, 0) is 24.3 Å². The number of benzene rings is 2. The molecule has 0 fully saturated rings. The Bertz CT molecular complexity index is 748. The van der Waals surface area contributed by atoms with Crippen molar-refractivity contribution in [2.75, 3.05) is 30.0 Å². The van der Waals surface area contributed by atoms with Gasteiger partial charge < -0.3 is 20.4 Å². The summed E-state index contributed by atoms with van der Waals surface area (Å²) in [6.07, 6.45) is 0. The summed E-state index contributed by atoms with van der Waals surface area (Å²) < 4.78 is 5.67. The minimum atomic E-state index is 0.458. The van der Waals surface area contributed by atoms with Crippen LogP contribution in [0, 0.1) is 0 Å². The molecule has 0 radical (unpaired) electrons. The Hall–Kier alpha value is -2.69. The molecule has 3 N–H and O–H groups in total. The summed E-state index contributed by atoms with van der Waals surface area (Å²) in [5.41, 5.74) is 9.86. The molecular weight excluding hydrogens is 252 g/mol. The number of oxazole rings is 1. The topological polar surface area (TPSA) is 67.3 Å².